The van der Waals surface area contributed by atoms with E-state index in [9.17, 15) is 4.39 Å². The zero-order valence-electron chi connectivity index (χ0n) is 17.3. The van der Waals surface area contributed by atoms with Crippen molar-refractivity contribution in [2.75, 3.05) is 7.11 Å². The largest absolute Gasteiger partial charge is 0.496 e. The molecule has 2 unspecified atom stereocenters. The van der Waals surface area contributed by atoms with Gasteiger partial charge in [-0.1, -0.05) is 6.07 Å². The lowest BCUT2D eigenvalue weighted by atomic mass is 9.50. The van der Waals surface area contributed by atoms with Crippen molar-refractivity contribution < 1.29 is 9.13 Å². The zero-order valence-corrected chi connectivity index (χ0v) is 17.3. The van der Waals surface area contributed by atoms with Gasteiger partial charge in [-0.05, 0) is 74.6 Å². The van der Waals surface area contributed by atoms with Crippen LogP contribution in [0.2, 0.25) is 0 Å². The number of hydrogen-bond acceptors (Lipinski definition) is 5. The van der Waals surface area contributed by atoms with Crippen molar-refractivity contribution >= 4 is 0 Å². The van der Waals surface area contributed by atoms with Gasteiger partial charge < -0.3 is 9.30 Å². The maximum atomic E-state index is 14.9. The Bertz CT molecular complexity index is 1110. The van der Waals surface area contributed by atoms with Gasteiger partial charge in [0.05, 0.1) is 18.2 Å². The Hall–Kier alpha value is -2.77. The highest BCUT2D eigenvalue weighted by Gasteiger charge is 2.60. The standard InChI is InChI=1S/C22H25FN6O/c1-14-25-27-29(26-14)22-11-15-8-16(12-22)10-21(9-15,13-22)28-7-6-24-20(28)19-17(23)4-3-5-18(19)30-2/h3-7,15-16H,8-13H2,1-2H3. The summed E-state index contributed by atoms with van der Waals surface area (Å²) in [5.74, 6) is 2.76. The van der Waals surface area contributed by atoms with E-state index in [-0.39, 0.29) is 16.9 Å². The van der Waals surface area contributed by atoms with Gasteiger partial charge in [0.15, 0.2) is 5.82 Å². The lowest BCUT2D eigenvalue weighted by Crippen LogP contribution is -2.60. The van der Waals surface area contributed by atoms with Gasteiger partial charge in [0.2, 0.25) is 0 Å². The Kier molecular flexibility index (Phi) is 3.68. The summed E-state index contributed by atoms with van der Waals surface area (Å²) in [7, 11) is 1.57. The average Bonchev–Trinajstić information content (AvgIpc) is 3.36. The number of ether oxygens (including phenoxy) is 1. The van der Waals surface area contributed by atoms with Gasteiger partial charge in [-0.25, -0.2) is 9.37 Å². The van der Waals surface area contributed by atoms with Gasteiger partial charge in [0.25, 0.3) is 0 Å². The maximum Gasteiger partial charge on any atom is 0.171 e. The van der Waals surface area contributed by atoms with Crippen molar-refractivity contribution in [3.05, 3.63) is 42.2 Å². The number of benzene rings is 1. The molecule has 4 fully saturated rings. The van der Waals surface area contributed by atoms with Gasteiger partial charge in [-0.3, -0.25) is 0 Å². The molecule has 0 aliphatic heterocycles. The molecule has 2 heterocycles. The topological polar surface area (TPSA) is 70.7 Å². The lowest BCUT2D eigenvalue weighted by molar-refractivity contribution is -0.103. The van der Waals surface area contributed by atoms with Crippen LogP contribution < -0.4 is 4.74 Å². The number of hydrogen-bond donors (Lipinski definition) is 0. The summed E-state index contributed by atoms with van der Waals surface area (Å²) >= 11 is 0. The van der Waals surface area contributed by atoms with Crippen molar-refractivity contribution in [1.29, 1.82) is 0 Å². The minimum atomic E-state index is -0.310. The fraction of sp³-hybridized carbons (Fsp3) is 0.545. The molecule has 4 bridgehead atoms. The van der Waals surface area contributed by atoms with Crippen molar-refractivity contribution in [1.82, 2.24) is 29.8 Å². The number of methoxy groups -OCH3 is 1. The summed E-state index contributed by atoms with van der Waals surface area (Å²) in [5.41, 5.74) is 0.196. The normalized spacial score (nSPS) is 32.0. The molecule has 7 nitrogen and oxygen atoms in total. The highest BCUT2D eigenvalue weighted by molar-refractivity contribution is 5.65. The number of rotatable bonds is 4. The molecular formula is C22H25FN6O. The Morgan fingerprint density at radius 2 is 1.90 bits per heavy atom. The summed E-state index contributed by atoms with van der Waals surface area (Å²) in [5, 5.41) is 13.2. The van der Waals surface area contributed by atoms with Crippen LogP contribution in [0.4, 0.5) is 4.39 Å². The molecule has 3 aromatic rings. The number of aryl methyl sites for hydroxylation is 1. The number of halogens is 1. The van der Waals surface area contributed by atoms with Crippen LogP contribution in [0.1, 0.15) is 44.3 Å². The van der Waals surface area contributed by atoms with Crippen molar-refractivity contribution in [3.63, 3.8) is 0 Å². The first-order valence-electron chi connectivity index (χ1n) is 10.7. The minimum Gasteiger partial charge on any atom is -0.496 e. The van der Waals surface area contributed by atoms with Crippen LogP contribution in [0.25, 0.3) is 11.4 Å². The predicted molar refractivity (Wildman–Crippen MR) is 107 cm³/mol. The third kappa shape index (κ3) is 2.42. The third-order valence-electron chi connectivity index (χ3n) is 7.51. The average molecular weight is 408 g/mol. The van der Waals surface area contributed by atoms with Gasteiger partial charge in [-0.2, -0.15) is 4.80 Å². The predicted octanol–water partition coefficient (Wildman–Crippen LogP) is 3.70. The van der Waals surface area contributed by atoms with Gasteiger partial charge >= 0.3 is 0 Å². The first kappa shape index (κ1) is 18.0. The van der Waals surface area contributed by atoms with E-state index in [0.717, 1.165) is 32.1 Å². The van der Waals surface area contributed by atoms with Crippen molar-refractivity contribution in [3.8, 4) is 17.1 Å². The van der Waals surface area contributed by atoms with Crippen LogP contribution in [-0.4, -0.2) is 36.9 Å². The number of tetrazole rings is 1. The molecular weight excluding hydrogens is 383 g/mol. The summed E-state index contributed by atoms with van der Waals surface area (Å²) in [6, 6.07) is 4.93. The van der Waals surface area contributed by atoms with E-state index in [0.29, 0.717) is 34.8 Å². The summed E-state index contributed by atoms with van der Waals surface area (Å²) < 4.78 is 22.6. The van der Waals surface area contributed by atoms with Crippen molar-refractivity contribution in [2.45, 2.75) is 56.5 Å². The molecule has 0 radical (unpaired) electrons. The fourth-order valence-electron chi connectivity index (χ4n) is 6.93. The molecule has 4 saturated carbocycles. The summed E-state index contributed by atoms with van der Waals surface area (Å²) in [6.07, 6.45) is 10.3. The van der Waals surface area contributed by atoms with E-state index >= 15 is 0 Å². The lowest BCUT2D eigenvalue weighted by Gasteiger charge is -2.61. The van der Waals surface area contributed by atoms with Crippen molar-refractivity contribution in [2.24, 2.45) is 11.8 Å². The number of aromatic nitrogens is 6. The van der Waals surface area contributed by atoms with Crippen LogP contribution in [0.5, 0.6) is 5.75 Å². The van der Waals surface area contributed by atoms with E-state index in [1.165, 1.54) is 12.5 Å². The van der Waals surface area contributed by atoms with E-state index in [1.807, 2.05) is 17.9 Å². The quantitative estimate of drug-likeness (QED) is 0.658. The molecule has 4 aliphatic rings. The first-order valence-corrected chi connectivity index (χ1v) is 10.7. The van der Waals surface area contributed by atoms with Gasteiger partial charge in [0.1, 0.15) is 17.4 Å². The monoisotopic (exact) mass is 408 g/mol. The highest BCUT2D eigenvalue weighted by atomic mass is 19.1. The zero-order chi connectivity index (χ0) is 20.5. The van der Waals surface area contributed by atoms with E-state index in [1.54, 1.807) is 25.4 Å². The van der Waals surface area contributed by atoms with E-state index < -0.39 is 0 Å². The molecule has 0 saturated heterocycles. The molecule has 4 aliphatic carbocycles. The van der Waals surface area contributed by atoms with Crippen LogP contribution >= 0.6 is 0 Å². The van der Waals surface area contributed by atoms with E-state index in [4.69, 9.17) is 4.74 Å². The van der Waals surface area contributed by atoms with E-state index in [2.05, 4.69) is 25.0 Å². The fourth-order valence-corrected chi connectivity index (χ4v) is 6.93. The first-order chi connectivity index (χ1) is 14.5. The van der Waals surface area contributed by atoms with Gasteiger partial charge in [0, 0.05) is 17.9 Å². The Labute approximate surface area is 174 Å². The number of nitrogens with zero attached hydrogens (tertiary/aromatic N) is 6. The molecule has 156 valence electrons. The highest BCUT2D eigenvalue weighted by Crippen LogP contribution is 2.63. The molecule has 1 aromatic carbocycles. The molecule has 2 atom stereocenters. The van der Waals surface area contributed by atoms with Crippen LogP contribution in [0.15, 0.2) is 30.6 Å². The molecule has 30 heavy (non-hydrogen) atoms. The second-order valence-electron chi connectivity index (χ2n) is 9.47. The molecule has 7 rings (SSSR count). The molecule has 8 heteroatoms. The Morgan fingerprint density at radius 3 is 2.60 bits per heavy atom. The molecule has 0 spiro atoms. The summed E-state index contributed by atoms with van der Waals surface area (Å²) in [4.78, 5) is 6.49. The smallest absolute Gasteiger partial charge is 0.171 e. The summed E-state index contributed by atoms with van der Waals surface area (Å²) in [6.45, 7) is 1.89. The third-order valence-corrected chi connectivity index (χ3v) is 7.51. The van der Waals surface area contributed by atoms with Crippen LogP contribution in [0, 0.1) is 24.6 Å². The SMILES string of the molecule is COc1cccc(F)c1-c1nccn1C12CC3CC(CC(n4nnc(C)n4)(C3)C1)C2. The second kappa shape index (κ2) is 6.12. The van der Waals surface area contributed by atoms with Gasteiger partial charge in [-0.15, -0.1) is 10.2 Å². The van der Waals surface area contributed by atoms with Crippen LogP contribution in [-0.2, 0) is 11.1 Å². The van der Waals surface area contributed by atoms with Crippen LogP contribution in [0.3, 0.4) is 0 Å². The molecule has 0 N–H and O–H groups in total. The Balaban J connectivity index is 1.49. The Morgan fingerprint density at radius 1 is 1.13 bits per heavy atom. The maximum absolute atomic E-state index is 14.9. The minimum absolute atomic E-state index is 0.119. The second-order valence-corrected chi connectivity index (χ2v) is 9.47. The molecule has 2 aromatic heterocycles. The number of imidazole rings is 1. The molecule has 0 amide bonds.